The van der Waals surface area contributed by atoms with Crippen molar-refractivity contribution < 1.29 is 0 Å². The Kier molecular flexibility index (Phi) is 3.39. The van der Waals surface area contributed by atoms with E-state index in [4.69, 9.17) is 0 Å². The lowest BCUT2D eigenvalue weighted by Crippen LogP contribution is -1.62. The van der Waals surface area contributed by atoms with Gasteiger partial charge in [-0.25, -0.2) is 0 Å². The first-order valence-electron chi connectivity index (χ1n) is 2.60. The maximum atomic E-state index is 3.61. The van der Waals surface area contributed by atoms with Crippen LogP contribution >= 0.6 is 0 Å². The third kappa shape index (κ3) is 3.31. The third-order valence-corrected chi connectivity index (χ3v) is 0.848. The van der Waals surface area contributed by atoms with Gasteiger partial charge in [0.1, 0.15) is 0 Å². The van der Waals surface area contributed by atoms with Crippen molar-refractivity contribution in [2.24, 2.45) is 0 Å². The molecule has 0 aromatic rings. The highest BCUT2D eigenvalue weighted by Crippen LogP contribution is 1.92. The van der Waals surface area contributed by atoms with E-state index in [0.717, 1.165) is 6.42 Å². The number of hydrogen-bond donors (Lipinski definition) is 0. The standard InChI is InChI=1S/C7H12/c1-4-6-7(3)5-2/h5-6H,2,4H2,1,3H3/b7-6+. The van der Waals surface area contributed by atoms with Gasteiger partial charge in [0.05, 0.1) is 0 Å². The van der Waals surface area contributed by atoms with Gasteiger partial charge in [0.15, 0.2) is 0 Å². The molecule has 0 aliphatic heterocycles. The SMILES string of the molecule is C=C/C(C)=C/CC. The molecule has 0 aliphatic carbocycles. The molecule has 0 atom stereocenters. The van der Waals surface area contributed by atoms with Crippen molar-refractivity contribution in [3.8, 4) is 0 Å². The summed E-state index contributed by atoms with van der Waals surface area (Å²) >= 11 is 0. The summed E-state index contributed by atoms with van der Waals surface area (Å²) in [6.45, 7) is 7.78. The maximum absolute atomic E-state index is 3.61. The van der Waals surface area contributed by atoms with Crippen LogP contribution in [0.4, 0.5) is 0 Å². The monoisotopic (exact) mass is 96.1 g/mol. The zero-order valence-corrected chi connectivity index (χ0v) is 5.07. The van der Waals surface area contributed by atoms with E-state index in [-0.39, 0.29) is 0 Å². The van der Waals surface area contributed by atoms with Crippen LogP contribution in [0.1, 0.15) is 20.3 Å². The van der Waals surface area contributed by atoms with Gasteiger partial charge in [-0.15, -0.1) is 0 Å². The van der Waals surface area contributed by atoms with E-state index in [9.17, 15) is 0 Å². The first-order chi connectivity index (χ1) is 3.31. The predicted molar refractivity (Wildman–Crippen MR) is 34.2 cm³/mol. The van der Waals surface area contributed by atoms with Crippen molar-refractivity contribution in [1.29, 1.82) is 0 Å². The van der Waals surface area contributed by atoms with Crippen LogP contribution in [0.25, 0.3) is 0 Å². The summed E-state index contributed by atoms with van der Waals surface area (Å²) in [6, 6.07) is 0. The van der Waals surface area contributed by atoms with E-state index in [1.807, 2.05) is 6.08 Å². The van der Waals surface area contributed by atoms with Crippen molar-refractivity contribution in [3.05, 3.63) is 24.3 Å². The van der Waals surface area contributed by atoms with E-state index >= 15 is 0 Å². The minimum Gasteiger partial charge on any atom is -0.0988 e. The summed E-state index contributed by atoms with van der Waals surface area (Å²) in [5.74, 6) is 0. The van der Waals surface area contributed by atoms with Gasteiger partial charge in [-0.05, 0) is 13.3 Å². The van der Waals surface area contributed by atoms with Crippen molar-refractivity contribution in [2.45, 2.75) is 20.3 Å². The lowest BCUT2D eigenvalue weighted by molar-refractivity contribution is 1.20. The highest BCUT2D eigenvalue weighted by molar-refractivity contribution is 5.11. The summed E-state index contributed by atoms with van der Waals surface area (Å²) in [5, 5.41) is 0. The molecule has 0 saturated heterocycles. The van der Waals surface area contributed by atoms with E-state index in [1.165, 1.54) is 5.57 Å². The predicted octanol–water partition coefficient (Wildman–Crippen LogP) is 2.53. The molecule has 0 heteroatoms. The van der Waals surface area contributed by atoms with E-state index in [1.54, 1.807) is 0 Å². The van der Waals surface area contributed by atoms with Crippen molar-refractivity contribution >= 4 is 0 Å². The zero-order chi connectivity index (χ0) is 5.70. The smallest absolute Gasteiger partial charge is 0.0374 e. The second kappa shape index (κ2) is 3.66. The summed E-state index contributed by atoms with van der Waals surface area (Å²) in [6.07, 6.45) is 5.12. The molecule has 40 valence electrons. The summed E-state index contributed by atoms with van der Waals surface area (Å²) < 4.78 is 0. The van der Waals surface area contributed by atoms with Crippen LogP contribution in [0.5, 0.6) is 0 Å². The average Bonchev–Trinajstić information content (AvgIpc) is 1.68. The van der Waals surface area contributed by atoms with Crippen molar-refractivity contribution in [2.75, 3.05) is 0 Å². The van der Waals surface area contributed by atoms with Crippen LogP contribution in [-0.4, -0.2) is 0 Å². The molecular weight excluding hydrogens is 84.1 g/mol. The minimum absolute atomic E-state index is 1.11. The first kappa shape index (κ1) is 6.48. The highest BCUT2D eigenvalue weighted by atomic mass is 13.8. The van der Waals surface area contributed by atoms with Crippen molar-refractivity contribution in [3.63, 3.8) is 0 Å². The molecule has 0 amide bonds. The molecule has 0 N–H and O–H groups in total. The van der Waals surface area contributed by atoms with Gasteiger partial charge in [0, 0.05) is 0 Å². The molecular formula is C7H12. The normalized spacial score (nSPS) is 11.4. The van der Waals surface area contributed by atoms with Crippen LogP contribution < -0.4 is 0 Å². The molecule has 0 bridgehead atoms. The Labute approximate surface area is 45.5 Å². The molecule has 0 rings (SSSR count). The Morgan fingerprint density at radius 3 is 2.43 bits per heavy atom. The molecule has 0 aromatic carbocycles. The Bertz CT molecular complexity index is 78.0. The van der Waals surface area contributed by atoms with Crippen LogP contribution in [0, 0.1) is 0 Å². The maximum Gasteiger partial charge on any atom is -0.0374 e. The third-order valence-electron chi connectivity index (χ3n) is 0.848. The average molecular weight is 96.2 g/mol. The quantitative estimate of drug-likeness (QED) is 0.463. The Morgan fingerprint density at radius 2 is 2.29 bits per heavy atom. The fourth-order valence-electron chi connectivity index (χ4n) is 0.405. The van der Waals surface area contributed by atoms with Gasteiger partial charge in [0.2, 0.25) is 0 Å². The molecule has 0 unspecified atom stereocenters. The lowest BCUT2D eigenvalue weighted by Gasteiger charge is -1.83. The summed E-state index contributed by atoms with van der Waals surface area (Å²) in [5.41, 5.74) is 1.27. The molecule has 0 radical (unpaired) electrons. The van der Waals surface area contributed by atoms with Gasteiger partial charge >= 0.3 is 0 Å². The van der Waals surface area contributed by atoms with Crippen LogP contribution in [0.15, 0.2) is 24.3 Å². The first-order valence-corrected chi connectivity index (χ1v) is 2.60. The van der Waals surface area contributed by atoms with Crippen LogP contribution in [0.2, 0.25) is 0 Å². The zero-order valence-electron chi connectivity index (χ0n) is 5.07. The fraction of sp³-hybridized carbons (Fsp3) is 0.429. The van der Waals surface area contributed by atoms with E-state index in [2.05, 4.69) is 26.5 Å². The number of hydrogen-bond acceptors (Lipinski definition) is 0. The Morgan fingerprint density at radius 1 is 1.71 bits per heavy atom. The molecule has 0 aliphatic rings. The fourth-order valence-corrected chi connectivity index (χ4v) is 0.405. The van der Waals surface area contributed by atoms with E-state index in [0.29, 0.717) is 0 Å². The number of rotatable bonds is 2. The molecule has 0 heterocycles. The lowest BCUT2D eigenvalue weighted by atomic mass is 10.2. The summed E-state index contributed by atoms with van der Waals surface area (Å²) in [7, 11) is 0. The van der Waals surface area contributed by atoms with Gasteiger partial charge in [-0.1, -0.05) is 31.2 Å². The topological polar surface area (TPSA) is 0 Å². The second-order valence-electron chi connectivity index (χ2n) is 1.56. The summed E-state index contributed by atoms with van der Waals surface area (Å²) in [4.78, 5) is 0. The molecule has 0 aromatic heterocycles. The van der Waals surface area contributed by atoms with Crippen molar-refractivity contribution in [1.82, 2.24) is 0 Å². The van der Waals surface area contributed by atoms with Gasteiger partial charge in [0.25, 0.3) is 0 Å². The number of allylic oxidation sites excluding steroid dienone is 3. The van der Waals surface area contributed by atoms with Gasteiger partial charge < -0.3 is 0 Å². The molecule has 0 spiro atoms. The van der Waals surface area contributed by atoms with Crippen LogP contribution in [-0.2, 0) is 0 Å². The molecule has 0 nitrogen and oxygen atoms in total. The molecule has 0 saturated carbocycles. The van der Waals surface area contributed by atoms with Crippen LogP contribution in [0.3, 0.4) is 0 Å². The van der Waals surface area contributed by atoms with Gasteiger partial charge in [-0.2, -0.15) is 0 Å². The second-order valence-corrected chi connectivity index (χ2v) is 1.56. The Hall–Kier alpha value is -0.520. The molecule has 7 heavy (non-hydrogen) atoms. The molecule has 0 fully saturated rings. The minimum atomic E-state index is 1.11. The largest absolute Gasteiger partial charge is 0.0988 e. The van der Waals surface area contributed by atoms with Gasteiger partial charge in [-0.3, -0.25) is 0 Å². The Balaban J connectivity index is 3.49. The van der Waals surface area contributed by atoms with E-state index < -0.39 is 0 Å². The highest BCUT2D eigenvalue weighted by Gasteiger charge is 1.71.